The van der Waals surface area contributed by atoms with E-state index in [1.165, 1.54) is 23.9 Å². The minimum absolute atomic E-state index is 0.152. The Morgan fingerprint density at radius 1 is 1.41 bits per heavy atom. The highest BCUT2D eigenvalue weighted by molar-refractivity contribution is 5.85. The first-order valence-electron chi connectivity index (χ1n) is 5.01. The summed E-state index contributed by atoms with van der Waals surface area (Å²) < 4.78 is 6.64. The Hall–Kier alpha value is -2.30. The lowest BCUT2D eigenvalue weighted by atomic mass is 10.2. The van der Waals surface area contributed by atoms with E-state index in [1.54, 1.807) is 18.2 Å². The third kappa shape index (κ3) is 1.99. The van der Waals surface area contributed by atoms with Gasteiger partial charge >= 0.3 is 5.97 Å². The van der Waals surface area contributed by atoms with E-state index in [0.29, 0.717) is 16.7 Å². The summed E-state index contributed by atoms with van der Waals surface area (Å²) >= 11 is 0. The fourth-order valence-corrected chi connectivity index (χ4v) is 1.78. The number of carbonyl (C=O) groups is 1. The first-order valence-corrected chi connectivity index (χ1v) is 5.01. The number of aliphatic carboxylic acids is 1. The van der Waals surface area contributed by atoms with Gasteiger partial charge in [-0.2, -0.15) is 0 Å². The largest absolute Gasteiger partial charge is 0.495 e. The summed E-state index contributed by atoms with van der Waals surface area (Å²) in [6.45, 7) is -0.211. The van der Waals surface area contributed by atoms with Gasteiger partial charge in [-0.25, -0.2) is 0 Å². The molecule has 0 saturated heterocycles. The summed E-state index contributed by atoms with van der Waals surface area (Å²) in [4.78, 5) is 22.4. The van der Waals surface area contributed by atoms with Gasteiger partial charge in [0.25, 0.3) is 0 Å². The second-order valence-electron chi connectivity index (χ2n) is 3.56. The number of ether oxygens (including phenoxy) is 1. The van der Waals surface area contributed by atoms with Gasteiger partial charge in [-0.15, -0.1) is 0 Å². The monoisotopic (exact) mass is 233 g/mol. The van der Waals surface area contributed by atoms with Crippen LogP contribution in [0, 0.1) is 0 Å². The second kappa shape index (κ2) is 4.29. The molecule has 0 aliphatic carbocycles. The van der Waals surface area contributed by atoms with E-state index < -0.39 is 5.97 Å². The van der Waals surface area contributed by atoms with E-state index >= 15 is 0 Å². The number of aromatic nitrogens is 1. The first kappa shape index (κ1) is 11.2. The van der Waals surface area contributed by atoms with Crippen molar-refractivity contribution in [1.29, 1.82) is 0 Å². The third-order valence-electron chi connectivity index (χ3n) is 2.48. The highest BCUT2D eigenvalue weighted by Crippen LogP contribution is 2.22. The van der Waals surface area contributed by atoms with E-state index in [0.717, 1.165) is 0 Å². The molecule has 1 aromatic carbocycles. The molecule has 0 radical (unpaired) electrons. The molecule has 0 fully saturated rings. The molecule has 17 heavy (non-hydrogen) atoms. The van der Waals surface area contributed by atoms with Crippen molar-refractivity contribution in [3.63, 3.8) is 0 Å². The number of carboxylic acid groups (broad SMARTS) is 1. The standard InChI is InChI=1S/C12H11NO4/c1-17-10-4-2-3-8-9(14)5-6-13(12(8)10)7-11(15)16/h2-6H,7H2,1H3,(H,15,16). The smallest absolute Gasteiger partial charge is 0.323 e. The van der Waals surface area contributed by atoms with Crippen molar-refractivity contribution in [3.05, 3.63) is 40.7 Å². The fourth-order valence-electron chi connectivity index (χ4n) is 1.78. The molecule has 1 aromatic heterocycles. The lowest BCUT2D eigenvalue weighted by Gasteiger charge is -2.11. The molecule has 0 bridgehead atoms. The third-order valence-corrected chi connectivity index (χ3v) is 2.48. The minimum Gasteiger partial charge on any atom is -0.495 e. The summed E-state index contributed by atoms with van der Waals surface area (Å²) in [5.74, 6) is -0.484. The fraction of sp³-hybridized carbons (Fsp3) is 0.167. The van der Waals surface area contributed by atoms with Gasteiger partial charge in [0.2, 0.25) is 0 Å². The van der Waals surface area contributed by atoms with E-state index in [2.05, 4.69) is 0 Å². The zero-order chi connectivity index (χ0) is 12.4. The minimum atomic E-state index is -0.971. The molecular formula is C12H11NO4. The highest BCUT2D eigenvalue weighted by atomic mass is 16.5. The van der Waals surface area contributed by atoms with Crippen LogP contribution in [0.5, 0.6) is 5.75 Å². The van der Waals surface area contributed by atoms with Crippen LogP contribution in [0.25, 0.3) is 10.9 Å². The molecule has 2 aromatic rings. The predicted octanol–water partition coefficient (Wildman–Crippen LogP) is 1.09. The molecule has 0 aliphatic heterocycles. The summed E-state index contributed by atoms with van der Waals surface area (Å²) in [5, 5.41) is 9.27. The molecule has 0 aliphatic rings. The maximum atomic E-state index is 11.7. The number of fused-ring (bicyclic) bond motifs is 1. The Kier molecular flexibility index (Phi) is 2.82. The highest BCUT2D eigenvalue weighted by Gasteiger charge is 2.09. The molecule has 1 N–H and O–H groups in total. The molecule has 0 amide bonds. The summed E-state index contributed by atoms with van der Waals surface area (Å²) in [6, 6.07) is 6.40. The number of benzene rings is 1. The Morgan fingerprint density at radius 3 is 2.82 bits per heavy atom. The summed E-state index contributed by atoms with van der Waals surface area (Å²) in [7, 11) is 1.48. The molecule has 5 heteroatoms. The van der Waals surface area contributed by atoms with Crippen LogP contribution >= 0.6 is 0 Å². The van der Waals surface area contributed by atoms with Crippen molar-refractivity contribution in [2.24, 2.45) is 0 Å². The number of para-hydroxylation sites is 1. The van der Waals surface area contributed by atoms with Crippen LogP contribution in [0.4, 0.5) is 0 Å². The SMILES string of the molecule is COc1cccc2c(=O)ccn(CC(=O)O)c12. The molecule has 0 atom stereocenters. The van der Waals surface area contributed by atoms with Crippen LogP contribution in [0.15, 0.2) is 35.3 Å². The molecular weight excluding hydrogens is 222 g/mol. The normalized spacial score (nSPS) is 10.4. The maximum absolute atomic E-state index is 11.7. The number of carboxylic acids is 1. The van der Waals surface area contributed by atoms with Crippen LogP contribution in [0.2, 0.25) is 0 Å². The van der Waals surface area contributed by atoms with Crippen LogP contribution < -0.4 is 10.2 Å². The van der Waals surface area contributed by atoms with Gasteiger partial charge in [0, 0.05) is 17.6 Å². The molecule has 0 unspecified atom stereocenters. The number of methoxy groups -OCH3 is 1. The van der Waals surface area contributed by atoms with Crippen molar-refractivity contribution >= 4 is 16.9 Å². The van der Waals surface area contributed by atoms with E-state index in [4.69, 9.17) is 9.84 Å². The van der Waals surface area contributed by atoms with Gasteiger partial charge in [-0.3, -0.25) is 9.59 Å². The molecule has 0 saturated carbocycles. The Morgan fingerprint density at radius 2 is 2.18 bits per heavy atom. The van der Waals surface area contributed by atoms with E-state index in [1.807, 2.05) is 0 Å². The quantitative estimate of drug-likeness (QED) is 0.861. The van der Waals surface area contributed by atoms with Gasteiger partial charge < -0.3 is 14.4 Å². The zero-order valence-electron chi connectivity index (χ0n) is 9.21. The van der Waals surface area contributed by atoms with Crippen LogP contribution in [-0.2, 0) is 11.3 Å². The Balaban J connectivity index is 2.80. The molecule has 0 spiro atoms. The van der Waals surface area contributed by atoms with Gasteiger partial charge in [-0.05, 0) is 12.1 Å². The number of hydrogen-bond donors (Lipinski definition) is 1. The van der Waals surface area contributed by atoms with Crippen molar-refractivity contribution in [3.8, 4) is 5.75 Å². The number of nitrogens with zero attached hydrogens (tertiary/aromatic N) is 1. The van der Waals surface area contributed by atoms with Crippen LogP contribution in [-0.4, -0.2) is 22.8 Å². The molecule has 88 valence electrons. The topological polar surface area (TPSA) is 68.5 Å². The van der Waals surface area contributed by atoms with Crippen molar-refractivity contribution < 1.29 is 14.6 Å². The van der Waals surface area contributed by atoms with Gasteiger partial charge in [0.05, 0.1) is 12.6 Å². The van der Waals surface area contributed by atoms with Crippen LogP contribution in [0.3, 0.4) is 0 Å². The van der Waals surface area contributed by atoms with Gasteiger partial charge in [0.15, 0.2) is 5.43 Å². The number of pyridine rings is 1. The van der Waals surface area contributed by atoms with Crippen molar-refractivity contribution in [2.75, 3.05) is 7.11 Å². The molecule has 2 rings (SSSR count). The van der Waals surface area contributed by atoms with Crippen LogP contribution in [0.1, 0.15) is 0 Å². The number of hydrogen-bond acceptors (Lipinski definition) is 3. The Bertz CT molecular complexity index is 630. The lowest BCUT2D eigenvalue weighted by Crippen LogP contribution is -2.14. The number of rotatable bonds is 3. The van der Waals surface area contributed by atoms with E-state index in [9.17, 15) is 9.59 Å². The summed E-state index contributed by atoms with van der Waals surface area (Å²) in [6.07, 6.45) is 1.46. The first-order chi connectivity index (χ1) is 8.13. The molecule has 5 nitrogen and oxygen atoms in total. The Labute approximate surface area is 96.9 Å². The predicted molar refractivity (Wildman–Crippen MR) is 62.4 cm³/mol. The second-order valence-corrected chi connectivity index (χ2v) is 3.56. The average Bonchev–Trinajstić information content (AvgIpc) is 2.31. The van der Waals surface area contributed by atoms with Crippen molar-refractivity contribution in [2.45, 2.75) is 6.54 Å². The van der Waals surface area contributed by atoms with Crippen molar-refractivity contribution in [1.82, 2.24) is 4.57 Å². The zero-order valence-corrected chi connectivity index (χ0v) is 9.21. The van der Waals surface area contributed by atoms with Gasteiger partial charge in [-0.1, -0.05) is 6.07 Å². The molecule has 1 heterocycles. The van der Waals surface area contributed by atoms with Gasteiger partial charge in [0.1, 0.15) is 12.3 Å². The lowest BCUT2D eigenvalue weighted by molar-refractivity contribution is -0.137. The maximum Gasteiger partial charge on any atom is 0.323 e. The average molecular weight is 233 g/mol. The summed E-state index contributed by atoms with van der Waals surface area (Å²) in [5.41, 5.74) is 0.352. The van der Waals surface area contributed by atoms with E-state index in [-0.39, 0.29) is 12.0 Å².